The van der Waals surface area contributed by atoms with Crippen LogP contribution in [0, 0.1) is 0 Å². The molecule has 0 saturated carbocycles. The van der Waals surface area contributed by atoms with Crippen LogP contribution in [-0.2, 0) is 6.54 Å². The Labute approximate surface area is 110 Å². The summed E-state index contributed by atoms with van der Waals surface area (Å²) < 4.78 is 0. The van der Waals surface area contributed by atoms with Crippen LogP contribution in [0.2, 0.25) is 5.02 Å². The Hall–Kier alpha value is -2.00. The largest absolute Gasteiger partial charge is 0.507 e. The molecule has 0 heterocycles. The Morgan fingerprint density at radius 2 is 1.94 bits per heavy atom. The third kappa shape index (κ3) is 3.02. The fraction of sp³-hybridized carbons (Fsp3) is 0.0714. The molecule has 0 aliphatic heterocycles. The highest BCUT2D eigenvalue weighted by Gasteiger charge is 2.09. The smallest absolute Gasteiger partial charge is 0.255 e. The van der Waals surface area contributed by atoms with Crippen molar-refractivity contribution in [2.45, 2.75) is 6.54 Å². The van der Waals surface area contributed by atoms with Crippen molar-refractivity contribution in [3.8, 4) is 5.75 Å². The number of aromatic hydroxyl groups is 1. The van der Waals surface area contributed by atoms with Gasteiger partial charge in [0.15, 0.2) is 0 Å². The highest BCUT2D eigenvalue weighted by Crippen LogP contribution is 2.15. The molecule has 2 rings (SSSR count). The Bertz CT molecular complexity index is 569. The van der Waals surface area contributed by atoms with E-state index in [1.807, 2.05) is 12.1 Å². The highest BCUT2D eigenvalue weighted by atomic mass is 35.5. The minimum Gasteiger partial charge on any atom is -0.507 e. The number of benzene rings is 2. The monoisotopic (exact) mass is 261 g/mol. The fourth-order valence-electron chi connectivity index (χ4n) is 1.59. The normalized spacial score (nSPS) is 10.1. The van der Waals surface area contributed by atoms with Crippen molar-refractivity contribution in [1.82, 2.24) is 5.32 Å². The van der Waals surface area contributed by atoms with Crippen molar-refractivity contribution >= 4 is 17.5 Å². The molecule has 0 aromatic heterocycles. The Morgan fingerprint density at radius 3 is 2.67 bits per heavy atom. The maximum absolute atomic E-state index is 11.8. The van der Waals surface area contributed by atoms with Gasteiger partial charge in [0.1, 0.15) is 5.75 Å². The van der Waals surface area contributed by atoms with Crippen LogP contribution in [0.1, 0.15) is 15.9 Å². The summed E-state index contributed by atoms with van der Waals surface area (Å²) in [7, 11) is 0. The number of carbonyl (C=O) groups is 1. The van der Waals surface area contributed by atoms with Gasteiger partial charge >= 0.3 is 0 Å². The first kappa shape index (κ1) is 12.5. The van der Waals surface area contributed by atoms with E-state index >= 15 is 0 Å². The van der Waals surface area contributed by atoms with Crippen LogP contribution in [0.15, 0.2) is 48.5 Å². The van der Waals surface area contributed by atoms with Gasteiger partial charge < -0.3 is 10.4 Å². The van der Waals surface area contributed by atoms with E-state index in [1.54, 1.807) is 30.3 Å². The van der Waals surface area contributed by atoms with Gasteiger partial charge in [0.2, 0.25) is 0 Å². The van der Waals surface area contributed by atoms with E-state index in [0.717, 1.165) is 5.56 Å². The van der Waals surface area contributed by atoms with Gasteiger partial charge in [-0.2, -0.15) is 0 Å². The first-order valence-electron chi connectivity index (χ1n) is 5.47. The highest BCUT2D eigenvalue weighted by molar-refractivity contribution is 6.30. The summed E-state index contributed by atoms with van der Waals surface area (Å²) >= 11 is 5.85. The van der Waals surface area contributed by atoms with Gasteiger partial charge in [0, 0.05) is 11.6 Å². The number of hydrogen-bond acceptors (Lipinski definition) is 2. The van der Waals surface area contributed by atoms with Gasteiger partial charge in [-0.05, 0) is 29.8 Å². The zero-order valence-electron chi connectivity index (χ0n) is 9.56. The molecule has 2 aromatic rings. The molecule has 1 amide bonds. The van der Waals surface area contributed by atoms with Crippen LogP contribution in [0.3, 0.4) is 0 Å². The summed E-state index contributed by atoms with van der Waals surface area (Å²) in [5, 5.41) is 12.9. The first-order chi connectivity index (χ1) is 8.66. The zero-order valence-corrected chi connectivity index (χ0v) is 10.3. The molecule has 0 spiro atoms. The van der Waals surface area contributed by atoms with Gasteiger partial charge in [-0.15, -0.1) is 0 Å². The van der Waals surface area contributed by atoms with E-state index < -0.39 is 0 Å². The molecule has 0 aliphatic rings. The predicted octanol–water partition coefficient (Wildman–Crippen LogP) is 2.98. The van der Waals surface area contributed by atoms with E-state index in [9.17, 15) is 9.90 Å². The number of halogens is 1. The molecule has 0 bridgehead atoms. The summed E-state index contributed by atoms with van der Waals surface area (Å²) in [5.41, 5.74) is 1.17. The Morgan fingerprint density at radius 1 is 1.17 bits per heavy atom. The molecule has 0 unspecified atom stereocenters. The third-order valence-corrected chi connectivity index (χ3v) is 2.73. The molecule has 2 aromatic carbocycles. The number of phenols is 1. The molecule has 2 N–H and O–H groups in total. The lowest BCUT2D eigenvalue weighted by atomic mass is 10.1. The summed E-state index contributed by atoms with van der Waals surface area (Å²) in [6, 6.07) is 13.7. The van der Waals surface area contributed by atoms with Crippen LogP contribution >= 0.6 is 11.6 Å². The lowest BCUT2D eigenvalue weighted by molar-refractivity contribution is 0.0948. The summed E-state index contributed by atoms with van der Waals surface area (Å²) in [5.74, 6) is -0.339. The molecule has 0 radical (unpaired) electrons. The van der Waals surface area contributed by atoms with Crippen molar-refractivity contribution in [3.63, 3.8) is 0 Å². The fourth-order valence-corrected chi connectivity index (χ4v) is 1.80. The number of rotatable bonds is 3. The lowest BCUT2D eigenvalue weighted by Crippen LogP contribution is -2.22. The SMILES string of the molecule is O=C(NCc1cccc(Cl)c1)c1ccccc1O. The van der Waals surface area contributed by atoms with Gasteiger partial charge in [-0.3, -0.25) is 4.79 Å². The summed E-state index contributed by atoms with van der Waals surface area (Å²) in [4.78, 5) is 11.8. The molecule has 0 aliphatic carbocycles. The first-order valence-corrected chi connectivity index (χ1v) is 5.85. The molecule has 18 heavy (non-hydrogen) atoms. The molecular formula is C14H12ClNO2. The number of carbonyl (C=O) groups excluding carboxylic acids is 1. The predicted molar refractivity (Wildman–Crippen MR) is 70.7 cm³/mol. The van der Waals surface area contributed by atoms with Gasteiger partial charge in [-0.1, -0.05) is 35.9 Å². The maximum Gasteiger partial charge on any atom is 0.255 e. The van der Waals surface area contributed by atoms with E-state index in [-0.39, 0.29) is 17.2 Å². The van der Waals surface area contributed by atoms with Gasteiger partial charge in [0.25, 0.3) is 5.91 Å². The van der Waals surface area contributed by atoms with Crippen LogP contribution in [0.5, 0.6) is 5.75 Å². The van der Waals surface area contributed by atoms with Crippen LogP contribution in [0.4, 0.5) is 0 Å². The number of phenolic OH excluding ortho intramolecular Hbond substituents is 1. The van der Waals surface area contributed by atoms with Gasteiger partial charge in [0.05, 0.1) is 5.56 Å². The molecule has 0 fully saturated rings. The molecule has 0 saturated heterocycles. The summed E-state index contributed by atoms with van der Waals surface area (Å²) in [6.45, 7) is 0.369. The topological polar surface area (TPSA) is 49.3 Å². The zero-order chi connectivity index (χ0) is 13.0. The number of nitrogens with one attached hydrogen (secondary N) is 1. The third-order valence-electron chi connectivity index (χ3n) is 2.49. The lowest BCUT2D eigenvalue weighted by Gasteiger charge is -2.07. The number of para-hydroxylation sites is 1. The number of hydrogen-bond donors (Lipinski definition) is 2. The minimum absolute atomic E-state index is 0.0268. The number of amides is 1. The maximum atomic E-state index is 11.8. The molecule has 3 nitrogen and oxygen atoms in total. The van der Waals surface area contributed by atoms with Crippen LogP contribution in [-0.4, -0.2) is 11.0 Å². The average molecular weight is 262 g/mol. The van der Waals surface area contributed by atoms with Crippen molar-refractivity contribution in [3.05, 3.63) is 64.7 Å². The van der Waals surface area contributed by atoms with Gasteiger partial charge in [-0.25, -0.2) is 0 Å². The van der Waals surface area contributed by atoms with Crippen molar-refractivity contribution in [2.75, 3.05) is 0 Å². The van der Waals surface area contributed by atoms with E-state index in [4.69, 9.17) is 11.6 Å². The Balaban J connectivity index is 2.03. The average Bonchev–Trinajstić information content (AvgIpc) is 2.37. The van der Waals surface area contributed by atoms with E-state index in [1.165, 1.54) is 6.07 Å². The molecule has 92 valence electrons. The van der Waals surface area contributed by atoms with Crippen molar-refractivity contribution in [1.29, 1.82) is 0 Å². The minimum atomic E-state index is -0.312. The van der Waals surface area contributed by atoms with Crippen molar-refractivity contribution in [2.24, 2.45) is 0 Å². The Kier molecular flexibility index (Phi) is 3.85. The van der Waals surface area contributed by atoms with E-state index in [0.29, 0.717) is 11.6 Å². The summed E-state index contributed by atoms with van der Waals surface area (Å²) in [6.07, 6.45) is 0. The molecule has 4 heteroatoms. The van der Waals surface area contributed by atoms with Crippen molar-refractivity contribution < 1.29 is 9.90 Å². The second-order valence-electron chi connectivity index (χ2n) is 3.83. The molecular weight excluding hydrogens is 250 g/mol. The standard InChI is InChI=1S/C14H12ClNO2/c15-11-5-3-4-10(8-11)9-16-14(18)12-6-1-2-7-13(12)17/h1-8,17H,9H2,(H,16,18). The quantitative estimate of drug-likeness (QED) is 0.892. The van der Waals surface area contributed by atoms with Crippen LogP contribution < -0.4 is 5.32 Å². The second kappa shape index (κ2) is 5.56. The molecule has 0 atom stereocenters. The van der Waals surface area contributed by atoms with Crippen LogP contribution in [0.25, 0.3) is 0 Å². The van der Waals surface area contributed by atoms with E-state index in [2.05, 4.69) is 5.32 Å². The second-order valence-corrected chi connectivity index (χ2v) is 4.27.